The Bertz CT molecular complexity index is 9800. The van der Waals surface area contributed by atoms with Crippen LogP contribution in [0.1, 0.15) is 74.9 Å². The average molecular weight is 1780 g/mol. The third-order valence-corrected chi connectivity index (χ3v) is 31.9. The molecule has 30 rings (SSSR count). The quantitative estimate of drug-likeness (QED) is 0.137. The van der Waals surface area contributed by atoms with Gasteiger partial charge in [-0.25, -0.2) is 0 Å². The molecule has 3 aliphatic carbocycles. The maximum absolute atomic E-state index is 5.81. The molecule has 0 aliphatic heterocycles. The van der Waals surface area contributed by atoms with Crippen molar-refractivity contribution in [3.8, 4) is 113 Å². The Kier molecular flexibility index (Phi) is 15.9. The summed E-state index contributed by atoms with van der Waals surface area (Å²) >= 11 is 0. The summed E-state index contributed by atoms with van der Waals surface area (Å²) in [6.45, 7) is 14.2. The molecule has 0 atom stereocenters. The van der Waals surface area contributed by atoms with E-state index in [-0.39, 0.29) is 16.2 Å². The smallest absolute Gasteiger partial charge is 0.240 e. The first-order chi connectivity index (χ1) is 68.2. The van der Waals surface area contributed by atoms with E-state index in [0.29, 0.717) is 17.7 Å². The van der Waals surface area contributed by atoms with Gasteiger partial charge in [0.1, 0.15) is 0 Å². The van der Waals surface area contributed by atoms with Gasteiger partial charge in [-0.1, -0.05) is 296 Å². The molecule has 9 heteroatoms. The molecule has 3 aliphatic rings. The largest absolute Gasteiger partial charge is 0.309 e. The van der Waals surface area contributed by atoms with E-state index < -0.39 is 0 Å². The molecule has 0 radical (unpaired) electrons. The van der Waals surface area contributed by atoms with Crippen molar-refractivity contribution in [1.82, 2.24) is 42.4 Å². The van der Waals surface area contributed by atoms with Crippen LogP contribution < -0.4 is 0 Å². The lowest BCUT2D eigenvalue weighted by Gasteiger charge is -2.22. The Morgan fingerprint density at radius 2 is 0.388 bits per heavy atom. The van der Waals surface area contributed by atoms with Gasteiger partial charge >= 0.3 is 0 Å². The number of benzene rings is 20. The zero-order valence-corrected chi connectivity index (χ0v) is 77.4. The Morgan fingerprint density at radius 1 is 0.158 bits per heavy atom. The molecule has 0 spiro atoms. The van der Waals surface area contributed by atoms with Crippen molar-refractivity contribution in [2.45, 2.75) is 57.8 Å². The minimum Gasteiger partial charge on any atom is -0.309 e. The van der Waals surface area contributed by atoms with E-state index in [2.05, 4.69) is 488 Å². The van der Waals surface area contributed by atoms with Crippen LogP contribution in [0, 0.1) is 0 Å². The molecule has 0 N–H and O–H groups in total. The van der Waals surface area contributed by atoms with Crippen LogP contribution in [0.15, 0.2) is 419 Å². The summed E-state index contributed by atoms with van der Waals surface area (Å²) in [6, 6.07) is 157. The van der Waals surface area contributed by atoms with Crippen LogP contribution in [0.4, 0.5) is 0 Å². The van der Waals surface area contributed by atoms with Crippen LogP contribution in [0.2, 0.25) is 0 Å². The highest BCUT2D eigenvalue weighted by Crippen LogP contribution is 2.55. The van der Waals surface area contributed by atoms with Gasteiger partial charge in [-0.2, -0.15) is 15.0 Å². The van der Waals surface area contributed by atoms with Gasteiger partial charge in [0.15, 0.2) is 5.82 Å². The fourth-order valence-corrected chi connectivity index (χ4v) is 25.1. The topological polar surface area (TPSA) is 68.2 Å². The van der Waals surface area contributed by atoms with Crippen LogP contribution in [0.3, 0.4) is 0 Å². The first kappa shape index (κ1) is 77.9. The molecule has 0 bridgehead atoms. The second-order valence-corrected chi connectivity index (χ2v) is 40.2. The van der Waals surface area contributed by atoms with E-state index in [1.54, 1.807) is 0 Å². The third-order valence-electron chi connectivity index (χ3n) is 31.9. The Morgan fingerprint density at radius 3 is 0.698 bits per heavy atom. The minimum atomic E-state index is -0.137. The van der Waals surface area contributed by atoms with E-state index >= 15 is 0 Å². The Labute approximate surface area is 800 Å². The first-order valence-corrected chi connectivity index (χ1v) is 48.4. The molecule has 0 unspecified atom stereocenters. The van der Waals surface area contributed by atoms with Gasteiger partial charge in [-0.3, -0.25) is 9.13 Å². The summed E-state index contributed by atoms with van der Waals surface area (Å²) in [5.41, 5.74) is 41.2. The lowest BCUT2D eigenvalue weighted by molar-refractivity contribution is 0.660. The number of para-hydroxylation sites is 6. The fraction of sp³-hybridized carbons (Fsp3) is 0.0692. The molecule has 20 aromatic carbocycles. The molecule has 139 heavy (non-hydrogen) atoms. The van der Waals surface area contributed by atoms with Crippen LogP contribution >= 0.6 is 0 Å². The third kappa shape index (κ3) is 11.0. The van der Waals surface area contributed by atoms with E-state index in [4.69, 9.17) is 15.0 Å². The molecular formula is C130H87N9. The zero-order valence-electron chi connectivity index (χ0n) is 77.4. The van der Waals surface area contributed by atoms with Crippen LogP contribution in [-0.4, -0.2) is 42.4 Å². The van der Waals surface area contributed by atoms with Gasteiger partial charge in [-0.05, 0) is 275 Å². The predicted molar refractivity (Wildman–Crippen MR) is 578 cm³/mol. The molecule has 9 nitrogen and oxygen atoms in total. The summed E-state index contributed by atoms with van der Waals surface area (Å²) in [5, 5.41) is 16.2. The van der Waals surface area contributed by atoms with Crippen LogP contribution in [0.25, 0.3) is 254 Å². The van der Waals surface area contributed by atoms with Crippen LogP contribution in [-0.2, 0) is 16.2 Å². The molecule has 652 valence electrons. The maximum atomic E-state index is 5.81. The van der Waals surface area contributed by atoms with Crippen molar-refractivity contribution in [1.29, 1.82) is 0 Å². The average Bonchev–Trinajstić information content (AvgIpc) is 1.57. The highest BCUT2D eigenvalue weighted by Gasteiger charge is 2.40. The predicted octanol–water partition coefficient (Wildman–Crippen LogP) is 33.2. The number of rotatable bonds is 10. The fourth-order valence-electron chi connectivity index (χ4n) is 25.1. The van der Waals surface area contributed by atoms with E-state index in [1.165, 1.54) is 154 Å². The normalized spacial score (nSPS) is 13.9. The second kappa shape index (κ2) is 28.3. The van der Waals surface area contributed by atoms with E-state index in [1.807, 2.05) is 0 Å². The van der Waals surface area contributed by atoms with Crippen LogP contribution in [0.5, 0.6) is 0 Å². The Balaban J connectivity index is 0.556. The monoisotopic (exact) mass is 1770 g/mol. The molecule has 27 aromatic rings. The summed E-state index contributed by atoms with van der Waals surface area (Å²) in [5.74, 6) is 1.56. The summed E-state index contributed by atoms with van der Waals surface area (Å²) < 4.78 is 14.4. The summed E-state index contributed by atoms with van der Waals surface area (Å²) in [4.78, 5) is 17.3. The van der Waals surface area contributed by atoms with Gasteiger partial charge < -0.3 is 18.3 Å². The number of aromatic nitrogens is 9. The van der Waals surface area contributed by atoms with E-state index in [0.717, 1.165) is 116 Å². The molecule has 0 fully saturated rings. The molecule has 7 aromatic heterocycles. The van der Waals surface area contributed by atoms with Gasteiger partial charge in [0.05, 0.1) is 66.2 Å². The van der Waals surface area contributed by atoms with Crippen molar-refractivity contribution in [2.75, 3.05) is 0 Å². The maximum Gasteiger partial charge on any atom is 0.240 e. The van der Waals surface area contributed by atoms with Crippen molar-refractivity contribution in [3.05, 3.63) is 452 Å². The van der Waals surface area contributed by atoms with Crippen molar-refractivity contribution >= 4 is 142 Å². The van der Waals surface area contributed by atoms with Gasteiger partial charge in [-0.15, -0.1) is 0 Å². The molecule has 0 saturated carbocycles. The number of fused-ring (bicyclic) bond motifs is 28. The molecule has 7 heterocycles. The lowest BCUT2D eigenvalue weighted by atomic mass is 9.82. The zero-order chi connectivity index (χ0) is 91.9. The Hall–Kier alpha value is -17.5. The minimum absolute atomic E-state index is 0.120. The van der Waals surface area contributed by atoms with E-state index in [9.17, 15) is 0 Å². The van der Waals surface area contributed by atoms with Crippen molar-refractivity contribution < 1.29 is 0 Å². The van der Waals surface area contributed by atoms with Gasteiger partial charge in [0.2, 0.25) is 11.9 Å². The second-order valence-electron chi connectivity index (χ2n) is 40.2. The highest BCUT2D eigenvalue weighted by atomic mass is 15.3. The van der Waals surface area contributed by atoms with Crippen molar-refractivity contribution in [2.24, 2.45) is 0 Å². The number of hydrogen-bond donors (Lipinski definition) is 0. The summed E-state index contributed by atoms with van der Waals surface area (Å²) in [6.07, 6.45) is 0. The number of nitrogens with zero attached hydrogens (tertiary/aromatic N) is 9. The highest BCUT2D eigenvalue weighted by molar-refractivity contribution is 6.18. The SMILES string of the molecule is CC1(C)c2ccccc2-c2ccc(-n3c4ccccc4c4cc(-c5ccc6c(c5)c5ccccc5n6-c5ccc6ccc(-c7nc(-n8c9ccccc9c9cc(-c%10ccc%11c(c%10)c%10ccccc%10n%11-c%10ccc%11c(c%10)C(C)(C)c%10ccccc%10-%11)ccc98)nc(-n8c9ccccc9c9cc(-c%10ccc%11c(c%10)c%10ccccc%10n%11-c%10ccc%11c(c%10)C(C)(C)c%10ccccc%10-%11)ccc98)n7)cc6c5)ccc43)cc21. The number of hydrogen-bond acceptors (Lipinski definition) is 3. The van der Waals surface area contributed by atoms with Gasteiger partial charge in [0, 0.05) is 109 Å². The van der Waals surface area contributed by atoms with Gasteiger partial charge in [0.25, 0.3) is 0 Å². The van der Waals surface area contributed by atoms with Crippen molar-refractivity contribution in [3.63, 3.8) is 0 Å². The molecule has 0 amide bonds. The first-order valence-electron chi connectivity index (χ1n) is 48.4. The molecule has 0 saturated heterocycles. The lowest BCUT2D eigenvalue weighted by Crippen LogP contribution is -2.15. The molecular weight excluding hydrogens is 1690 g/mol. The standard InChI is InChI=1S/C130H87N9/c1-128(2)107-34-16-7-25-89(107)92-56-53-86(73-110(92)128)135-114-38-20-11-29-96(114)102-68-78(47-60-120(102)135)77-46-59-119-101(67-77)95-28-10-19-37-113(95)134(119)85-52-45-76-43-44-83(65-84(76)66-85)125-131-126(138-117-41-23-14-32-99(117)105-71-81(50-63-123(105)138)79-48-61-121-103(69-79)97-30-12-21-39-115(97)136(121)87-54-57-93-90-26-8-17-35-108(90)129(3,4)111(93)74-87)133-127(132-125)139-118-42-24-15-33-100(118)106-72-82(51-64-124(106)139)80-49-62-122-104(70-80)98-31-13-22-40-116(98)137(122)88-55-58-94-91-27-9-18-36-109(91)130(5,6)112(94)75-88/h7-75H,1-6H3. The summed E-state index contributed by atoms with van der Waals surface area (Å²) in [7, 11) is 0.